The van der Waals surface area contributed by atoms with Crippen molar-refractivity contribution in [2.24, 2.45) is 0 Å². The number of H-pyrrole nitrogens is 1. The molecule has 3 N–H and O–H groups in total. The van der Waals surface area contributed by atoms with Gasteiger partial charge in [0, 0.05) is 18.4 Å². The van der Waals surface area contributed by atoms with Crippen molar-refractivity contribution in [2.45, 2.75) is 31.5 Å². The molecule has 2 fully saturated rings. The number of hydrogen-bond acceptors (Lipinski definition) is 8. The summed E-state index contributed by atoms with van der Waals surface area (Å²) in [4.78, 5) is 20.1. The Hall–Kier alpha value is -3.96. The normalized spacial score (nSPS) is 19.2. The fourth-order valence-electron chi connectivity index (χ4n) is 5.61. The molecule has 0 spiro atoms. The lowest BCUT2D eigenvalue weighted by Gasteiger charge is -2.37. The number of nitrogens with zero attached hydrogens (tertiary/aromatic N) is 5. The molecule has 4 heterocycles. The third kappa shape index (κ3) is 4.82. The molecule has 0 aliphatic carbocycles. The Labute approximate surface area is 219 Å². The maximum Gasteiger partial charge on any atom is 0.258 e. The Morgan fingerprint density at radius 3 is 2.74 bits per heavy atom. The first-order valence-electron chi connectivity index (χ1n) is 13.1. The molecule has 2 aromatic carbocycles. The number of quaternary nitrogens is 1. The van der Waals surface area contributed by atoms with Crippen LogP contribution in [0, 0.1) is 0 Å². The molecule has 38 heavy (non-hydrogen) atoms. The van der Waals surface area contributed by atoms with Crippen LogP contribution in [0.2, 0.25) is 0 Å². The number of pyridine rings is 1. The van der Waals surface area contributed by atoms with Gasteiger partial charge in [-0.1, -0.05) is 0 Å². The Kier molecular flexibility index (Phi) is 6.69. The van der Waals surface area contributed by atoms with E-state index in [9.17, 15) is 9.90 Å². The monoisotopic (exact) mass is 518 g/mol. The number of phenolic OH excluding ortho intramolecular Hbond substituents is 1. The summed E-state index contributed by atoms with van der Waals surface area (Å²) in [5, 5.41) is 23.4. The van der Waals surface area contributed by atoms with E-state index in [0.29, 0.717) is 23.7 Å². The summed E-state index contributed by atoms with van der Waals surface area (Å²) in [6, 6.07) is 14.6. The van der Waals surface area contributed by atoms with Crippen LogP contribution in [0.3, 0.4) is 0 Å². The van der Waals surface area contributed by atoms with Crippen molar-refractivity contribution in [1.82, 2.24) is 25.2 Å². The van der Waals surface area contributed by atoms with Crippen LogP contribution in [0.4, 0.5) is 5.69 Å². The predicted octanol–water partition coefficient (Wildman–Crippen LogP) is 0.902. The molecule has 0 bridgehead atoms. The van der Waals surface area contributed by atoms with E-state index >= 15 is 0 Å². The highest BCUT2D eigenvalue weighted by molar-refractivity contribution is 5.80. The van der Waals surface area contributed by atoms with Crippen molar-refractivity contribution in [3.05, 3.63) is 70.3 Å². The van der Waals surface area contributed by atoms with Crippen molar-refractivity contribution < 1.29 is 19.5 Å². The molecule has 0 radical (unpaired) electrons. The number of rotatable bonds is 7. The largest absolute Gasteiger partial charge is 0.508 e. The Morgan fingerprint density at radius 2 is 2.00 bits per heavy atom. The molecule has 11 heteroatoms. The molecular formula is C27H32N7O4+. The average molecular weight is 519 g/mol. The molecule has 0 amide bonds. The van der Waals surface area contributed by atoms with E-state index in [-0.39, 0.29) is 23.5 Å². The molecule has 4 aromatic rings. The summed E-state index contributed by atoms with van der Waals surface area (Å²) in [6.45, 7) is 4.49. The number of methoxy groups -OCH3 is 1. The highest BCUT2D eigenvalue weighted by Gasteiger charge is 2.37. The van der Waals surface area contributed by atoms with Crippen LogP contribution in [0.15, 0.2) is 53.3 Å². The van der Waals surface area contributed by atoms with Crippen molar-refractivity contribution in [2.75, 3.05) is 44.8 Å². The van der Waals surface area contributed by atoms with Gasteiger partial charge in [-0.3, -0.25) is 4.79 Å². The lowest BCUT2D eigenvalue weighted by atomic mass is 10.0. The number of piperazine rings is 1. The van der Waals surface area contributed by atoms with Gasteiger partial charge in [0.2, 0.25) is 5.82 Å². The van der Waals surface area contributed by atoms with Gasteiger partial charge in [0.1, 0.15) is 11.5 Å². The van der Waals surface area contributed by atoms with E-state index in [4.69, 9.17) is 9.47 Å². The minimum atomic E-state index is -0.344. The third-order valence-corrected chi connectivity index (χ3v) is 7.64. The molecule has 2 saturated heterocycles. The number of nitrogens with one attached hydrogen (secondary N) is 2. The average Bonchev–Trinajstić information content (AvgIpc) is 3.63. The first-order valence-corrected chi connectivity index (χ1v) is 13.1. The first-order chi connectivity index (χ1) is 18.6. The van der Waals surface area contributed by atoms with E-state index in [0.717, 1.165) is 62.2 Å². The van der Waals surface area contributed by atoms with Crippen molar-refractivity contribution >= 4 is 16.6 Å². The molecule has 11 nitrogen and oxygen atoms in total. The predicted molar refractivity (Wildman–Crippen MR) is 141 cm³/mol. The molecule has 2 aliphatic heterocycles. The lowest BCUT2D eigenvalue weighted by Crippen LogP contribution is -3.15. The fourth-order valence-corrected chi connectivity index (χ4v) is 5.61. The number of ether oxygens (including phenoxy) is 2. The molecule has 0 saturated carbocycles. The van der Waals surface area contributed by atoms with Crippen LogP contribution in [0.1, 0.15) is 30.3 Å². The van der Waals surface area contributed by atoms with Gasteiger partial charge in [0.15, 0.2) is 6.04 Å². The van der Waals surface area contributed by atoms with Crippen LogP contribution >= 0.6 is 0 Å². The first kappa shape index (κ1) is 24.4. The highest BCUT2D eigenvalue weighted by atomic mass is 16.5. The summed E-state index contributed by atoms with van der Waals surface area (Å²) in [5.74, 6) is 1.62. The summed E-state index contributed by atoms with van der Waals surface area (Å²) < 4.78 is 13.0. The number of fused-ring (bicyclic) bond motifs is 1. The van der Waals surface area contributed by atoms with Crippen LogP contribution in [0.5, 0.6) is 11.5 Å². The van der Waals surface area contributed by atoms with Gasteiger partial charge in [-0.25, -0.2) is 4.68 Å². The van der Waals surface area contributed by atoms with Gasteiger partial charge in [0.05, 0.1) is 57.0 Å². The zero-order chi connectivity index (χ0) is 26.1. The second-order valence-corrected chi connectivity index (χ2v) is 9.96. The van der Waals surface area contributed by atoms with Gasteiger partial charge in [-0.05, 0) is 71.1 Å². The molecule has 2 aliphatic rings. The number of tetrazole rings is 1. The SMILES string of the molecule is COc1ccc2cc([C@@H](c3nnnn3C[C@H]3CCCO3)[NH+]3CCN(c4ccc(O)cc4)CC3)c(=O)[nH]c2c1. The van der Waals surface area contributed by atoms with Gasteiger partial charge in [-0.15, -0.1) is 5.10 Å². The number of phenols is 1. The molecule has 2 aromatic heterocycles. The quantitative estimate of drug-likeness (QED) is 0.330. The van der Waals surface area contributed by atoms with Crippen LogP contribution < -0.4 is 20.1 Å². The zero-order valence-corrected chi connectivity index (χ0v) is 21.3. The standard InChI is InChI=1S/C27H31N7O4/c1-37-21-9-4-18-15-23(27(36)28-24(18)16-21)25(26-29-30-31-34(26)17-22-3-2-14-38-22)33-12-10-32(11-13-33)19-5-7-20(35)8-6-19/h4-9,15-16,22,25,35H,2-3,10-14,17H2,1H3,(H,28,36)/p+1/t22-,25+/m1/s1. The maximum atomic E-state index is 13.5. The van der Waals surface area contributed by atoms with E-state index in [1.807, 2.05) is 41.1 Å². The minimum absolute atomic E-state index is 0.0709. The number of hydrogen-bond donors (Lipinski definition) is 3. The second-order valence-electron chi connectivity index (χ2n) is 9.96. The molecule has 6 rings (SSSR count). The topological polar surface area (TPSA) is 123 Å². The number of aromatic hydroxyl groups is 1. The fraction of sp³-hybridized carbons (Fsp3) is 0.407. The smallest absolute Gasteiger partial charge is 0.258 e. The van der Waals surface area contributed by atoms with E-state index in [2.05, 4.69) is 25.4 Å². The Bertz CT molecular complexity index is 1450. The molecule has 198 valence electrons. The van der Waals surface area contributed by atoms with Crippen LogP contribution in [-0.4, -0.2) is 76.3 Å². The summed E-state index contributed by atoms with van der Waals surface area (Å²) in [7, 11) is 1.61. The molecular weight excluding hydrogens is 486 g/mol. The summed E-state index contributed by atoms with van der Waals surface area (Å²) in [6.07, 6.45) is 2.08. The number of aromatic amines is 1. The second kappa shape index (κ2) is 10.4. The van der Waals surface area contributed by atoms with Gasteiger partial charge >= 0.3 is 0 Å². The van der Waals surface area contributed by atoms with E-state index in [1.165, 1.54) is 4.90 Å². The van der Waals surface area contributed by atoms with Crippen molar-refractivity contribution in [3.63, 3.8) is 0 Å². The molecule has 0 unspecified atom stereocenters. The van der Waals surface area contributed by atoms with Gasteiger partial charge < -0.3 is 29.4 Å². The van der Waals surface area contributed by atoms with E-state index in [1.54, 1.807) is 19.2 Å². The summed E-state index contributed by atoms with van der Waals surface area (Å²) in [5.41, 5.74) is 2.28. The van der Waals surface area contributed by atoms with Crippen LogP contribution in [-0.2, 0) is 11.3 Å². The third-order valence-electron chi connectivity index (χ3n) is 7.64. The lowest BCUT2D eigenvalue weighted by molar-refractivity contribution is -0.927. The Balaban J connectivity index is 1.35. The highest BCUT2D eigenvalue weighted by Crippen LogP contribution is 2.24. The number of benzene rings is 2. The number of anilines is 1. The van der Waals surface area contributed by atoms with Crippen molar-refractivity contribution in [3.8, 4) is 11.5 Å². The van der Waals surface area contributed by atoms with E-state index < -0.39 is 0 Å². The molecule has 2 atom stereocenters. The van der Waals surface area contributed by atoms with Crippen LogP contribution in [0.25, 0.3) is 10.9 Å². The Morgan fingerprint density at radius 1 is 1.18 bits per heavy atom. The minimum Gasteiger partial charge on any atom is -0.508 e. The summed E-state index contributed by atoms with van der Waals surface area (Å²) >= 11 is 0. The number of aromatic nitrogens is 5. The zero-order valence-electron chi connectivity index (χ0n) is 21.3. The maximum absolute atomic E-state index is 13.5. The van der Waals surface area contributed by atoms with Gasteiger partial charge in [0.25, 0.3) is 5.56 Å². The van der Waals surface area contributed by atoms with Crippen molar-refractivity contribution in [1.29, 1.82) is 0 Å². The van der Waals surface area contributed by atoms with Gasteiger partial charge in [-0.2, -0.15) is 0 Å².